The molecule has 2 N–H and O–H groups in total. The van der Waals surface area contributed by atoms with Crippen LogP contribution in [-0.4, -0.2) is 39.9 Å². The lowest BCUT2D eigenvalue weighted by atomic mass is 9.85. The van der Waals surface area contributed by atoms with Gasteiger partial charge in [-0.3, -0.25) is 0 Å². The minimum Gasteiger partial charge on any atom is -0.475 e. The Kier molecular flexibility index (Phi) is 4.12. The molecular formula is C15H16F3N3O3. The van der Waals surface area contributed by atoms with Crippen molar-refractivity contribution in [2.45, 2.75) is 31.0 Å². The number of alkyl halides is 3. The van der Waals surface area contributed by atoms with E-state index in [1.807, 2.05) is 12.3 Å². The smallest absolute Gasteiger partial charge is 0.475 e. The second-order valence-electron chi connectivity index (χ2n) is 5.89. The molecule has 4 heterocycles. The van der Waals surface area contributed by atoms with E-state index in [-0.39, 0.29) is 0 Å². The quantitative estimate of drug-likeness (QED) is 0.831. The minimum absolute atomic E-state index is 0.294. The molecule has 1 saturated heterocycles. The van der Waals surface area contributed by atoms with Crippen LogP contribution in [0.2, 0.25) is 0 Å². The summed E-state index contributed by atoms with van der Waals surface area (Å²) in [7, 11) is 0. The Labute approximate surface area is 135 Å². The summed E-state index contributed by atoms with van der Waals surface area (Å²) in [5, 5.41) is 10.6. The maximum Gasteiger partial charge on any atom is 0.490 e. The van der Waals surface area contributed by atoms with Crippen LogP contribution >= 0.6 is 0 Å². The molecule has 1 spiro atoms. The maximum atomic E-state index is 10.6. The number of imidazole rings is 1. The molecule has 24 heavy (non-hydrogen) atoms. The molecule has 1 atom stereocenters. The number of rotatable bonds is 1. The van der Waals surface area contributed by atoms with Gasteiger partial charge in [-0.15, -0.1) is 0 Å². The Morgan fingerprint density at radius 2 is 2.17 bits per heavy atom. The van der Waals surface area contributed by atoms with E-state index in [2.05, 4.69) is 14.9 Å². The van der Waals surface area contributed by atoms with Crippen molar-refractivity contribution >= 4 is 5.97 Å². The van der Waals surface area contributed by atoms with Crippen molar-refractivity contribution in [1.82, 2.24) is 14.9 Å². The van der Waals surface area contributed by atoms with Crippen LogP contribution < -0.4 is 5.32 Å². The van der Waals surface area contributed by atoms with Gasteiger partial charge in [-0.25, -0.2) is 9.78 Å². The van der Waals surface area contributed by atoms with E-state index >= 15 is 0 Å². The van der Waals surface area contributed by atoms with Crippen LogP contribution in [0.1, 0.15) is 18.7 Å². The summed E-state index contributed by atoms with van der Waals surface area (Å²) < 4.78 is 39.3. The van der Waals surface area contributed by atoms with Gasteiger partial charge in [0.2, 0.25) is 0 Å². The van der Waals surface area contributed by atoms with Crippen molar-refractivity contribution in [2.75, 3.05) is 13.1 Å². The Morgan fingerprint density at radius 3 is 2.71 bits per heavy atom. The highest BCUT2D eigenvalue weighted by Gasteiger charge is 2.43. The first kappa shape index (κ1) is 16.6. The van der Waals surface area contributed by atoms with Crippen molar-refractivity contribution in [3.63, 3.8) is 0 Å². The molecule has 4 rings (SSSR count). The zero-order chi connectivity index (χ0) is 17.4. The van der Waals surface area contributed by atoms with Gasteiger partial charge in [0, 0.05) is 24.1 Å². The second-order valence-corrected chi connectivity index (χ2v) is 5.89. The maximum absolute atomic E-state index is 10.6. The highest BCUT2D eigenvalue weighted by molar-refractivity contribution is 5.73. The summed E-state index contributed by atoms with van der Waals surface area (Å²) in [4.78, 5) is 13.6. The zero-order valence-electron chi connectivity index (χ0n) is 12.6. The fourth-order valence-corrected chi connectivity index (χ4v) is 3.25. The standard InChI is InChI=1S/C13H15N3O.C2HF3O2/c1-6-17-8-10(1)11-7-15-12-13(2-4-14-9-13)3-5-16(11)12;3-2(4,5)1(6)7/h1,6-8,14H,2-5,9H2;(H,6,7). The lowest BCUT2D eigenvalue weighted by Gasteiger charge is -2.18. The number of fused-ring (bicyclic) bond motifs is 2. The molecule has 0 saturated carbocycles. The fourth-order valence-electron chi connectivity index (χ4n) is 3.25. The molecule has 1 fully saturated rings. The van der Waals surface area contributed by atoms with Crippen molar-refractivity contribution in [2.24, 2.45) is 0 Å². The first-order valence-electron chi connectivity index (χ1n) is 7.43. The van der Waals surface area contributed by atoms with Crippen molar-refractivity contribution < 1.29 is 27.5 Å². The lowest BCUT2D eigenvalue weighted by Crippen LogP contribution is -2.26. The van der Waals surface area contributed by atoms with E-state index in [1.165, 1.54) is 24.4 Å². The van der Waals surface area contributed by atoms with E-state index in [0.717, 1.165) is 25.2 Å². The zero-order valence-corrected chi connectivity index (χ0v) is 12.6. The van der Waals surface area contributed by atoms with Crippen LogP contribution in [0.5, 0.6) is 0 Å². The van der Waals surface area contributed by atoms with Crippen LogP contribution in [-0.2, 0) is 16.8 Å². The average Bonchev–Trinajstić information content (AvgIpc) is 3.27. The third kappa shape index (κ3) is 2.91. The fraction of sp³-hybridized carbons (Fsp3) is 0.467. The summed E-state index contributed by atoms with van der Waals surface area (Å²) in [5.41, 5.74) is 2.62. The number of nitrogens with one attached hydrogen (secondary N) is 1. The third-order valence-corrected chi connectivity index (χ3v) is 4.45. The van der Waals surface area contributed by atoms with Crippen LogP contribution in [0, 0.1) is 0 Å². The summed E-state index contributed by atoms with van der Waals surface area (Å²) >= 11 is 0. The van der Waals surface area contributed by atoms with Gasteiger partial charge >= 0.3 is 12.1 Å². The summed E-state index contributed by atoms with van der Waals surface area (Å²) in [5.74, 6) is -1.49. The van der Waals surface area contributed by atoms with Gasteiger partial charge in [0.25, 0.3) is 0 Å². The number of aliphatic carboxylic acids is 1. The number of furan rings is 1. The molecule has 9 heteroatoms. The average molecular weight is 343 g/mol. The first-order chi connectivity index (χ1) is 11.3. The van der Waals surface area contributed by atoms with Gasteiger partial charge in [-0.2, -0.15) is 13.2 Å². The van der Waals surface area contributed by atoms with E-state index in [1.54, 1.807) is 12.5 Å². The topological polar surface area (TPSA) is 80.3 Å². The minimum atomic E-state index is -5.08. The molecule has 6 nitrogen and oxygen atoms in total. The van der Waals surface area contributed by atoms with Gasteiger partial charge in [0.05, 0.1) is 24.4 Å². The largest absolute Gasteiger partial charge is 0.490 e. The lowest BCUT2D eigenvalue weighted by molar-refractivity contribution is -0.192. The van der Waals surface area contributed by atoms with E-state index < -0.39 is 12.1 Å². The van der Waals surface area contributed by atoms with E-state index in [9.17, 15) is 13.2 Å². The predicted octanol–water partition coefficient (Wildman–Crippen LogP) is 2.41. The second kappa shape index (κ2) is 5.97. The number of carboxylic acids is 1. The van der Waals surface area contributed by atoms with Gasteiger partial charge in [-0.1, -0.05) is 0 Å². The summed E-state index contributed by atoms with van der Waals surface area (Å²) in [6.07, 6.45) is 2.85. The number of carbonyl (C=O) groups is 1. The number of aromatic nitrogens is 2. The van der Waals surface area contributed by atoms with Crippen molar-refractivity contribution in [3.05, 3.63) is 30.6 Å². The number of hydrogen-bond acceptors (Lipinski definition) is 4. The molecule has 2 aromatic rings. The van der Waals surface area contributed by atoms with Gasteiger partial charge in [-0.05, 0) is 25.5 Å². The molecule has 0 aliphatic carbocycles. The van der Waals surface area contributed by atoms with Crippen LogP contribution in [0.15, 0.2) is 29.2 Å². The monoisotopic (exact) mass is 343 g/mol. The Hall–Kier alpha value is -2.29. The van der Waals surface area contributed by atoms with E-state index in [4.69, 9.17) is 14.3 Å². The molecule has 1 unspecified atom stereocenters. The molecule has 0 amide bonds. The van der Waals surface area contributed by atoms with Gasteiger partial charge < -0.3 is 19.4 Å². The molecule has 0 radical (unpaired) electrons. The first-order valence-corrected chi connectivity index (χ1v) is 7.43. The number of nitrogens with zero attached hydrogens (tertiary/aromatic N) is 2. The summed E-state index contributed by atoms with van der Waals surface area (Å²) in [6, 6.07) is 2.00. The van der Waals surface area contributed by atoms with Gasteiger partial charge in [0.1, 0.15) is 5.82 Å². The van der Waals surface area contributed by atoms with Gasteiger partial charge in [0.15, 0.2) is 0 Å². The third-order valence-electron chi connectivity index (χ3n) is 4.45. The highest BCUT2D eigenvalue weighted by Crippen LogP contribution is 2.41. The van der Waals surface area contributed by atoms with Crippen LogP contribution in [0.4, 0.5) is 13.2 Å². The van der Waals surface area contributed by atoms with Crippen LogP contribution in [0.25, 0.3) is 11.3 Å². The van der Waals surface area contributed by atoms with Crippen molar-refractivity contribution in [3.8, 4) is 11.3 Å². The molecule has 0 bridgehead atoms. The van der Waals surface area contributed by atoms with Crippen LogP contribution in [0.3, 0.4) is 0 Å². The molecule has 2 aromatic heterocycles. The Bertz CT molecular complexity index is 716. The Balaban J connectivity index is 0.000000209. The molecule has 0 aromatic carbocycles. The molecule has 130 valence electrons. The SMILES string of the molecule is O=C(O)C(F)(F)F.c1cc(-c2cnc3n2CCC32CCNC2)co1. The summed E-state index contributed by atoms with van der Waals surface area (Å²) in [6.45, 7) is 3.28. The highest BCUT2D eigenvalue weighted by atomic mass is 19.4. The predicted molar refractivity (Wildman–Crippen MR) is 77.4 cm³/mol. The van der Waals surface area contributed by atoms with Crippen molar-refractivity contribution in [1.29, 1.82) is 0 Å². The number of carboxylic acid groups (broad SMARTS) is 1. The molecule has 2 aliphatic heterocycles. The molecule has 2 aliphatic rings. The Morgan fingerprint density at radius 1 is 1.42 bits per heavy atom. The molecular weight excluding hydrogens is 327 g/mol. The van der Waals surface area contributed by atoms with E-state index in [0.29, 0.717) is 5.41 Å². The normalized spacial score (nSPS) is 22.3. The number of halogens is 3. The number of hydrogen-bond donors (Lipinski definition) is 2.